The molecule has 1 aromatic rings. The number of aliphatic hydroxyl groups excluding tert-OH is 1. The highest BCUT2D eigenvalue weighted by molar-refractivity contribution is 5.46. The summed E-state index contributed by atoms with van der Waals surface area (Å²) in [4.78, 5) is 0. The first-order valence-corrected chi connectivity index (χ1v) is 4.62. The SMILES string of the molecule is CC#CCOc1c(CO)cccc1OC. The van der Waals surface area contributed by atoms with Crippen LogP contribution >= 0.6 is 0 Å². The fraction of sp³-hybridized carbons (Fsp3) is 0.333. The van der Waals surface area contributed by atoms with Crippen LogP contribution in [0.4, 0.5) is 0 Å². The predicted octanol–water partition coefficient (Wildman–Crippen LogP) is 1.59. The van der Waals surface area contributed by atoms with Crippen molar-refractivity contribution in [2.45, 2.75) is 13.5 Å². The second kappa shape index (κ2) is 5.94. The molecule has 3 heteroatoms. The molecule has 0 spiro atoms. The lowest BCUT2D eigenvalue weighted by atomic mass is 10.2. The third-order valence-electron chi connectivity index (χ3n) is 1.92. The number of hydrogen-bond donors (Lipinski definition) is 1. The van der Waals surface area contributed by atoms with E-state index in [1.54, 1.807) is 26.2 Å². The van der Waals surface area contributed by atoms with Gasteiger partial charge in [-0.25, -0.2) is 0 Å². The summed E-state index contributed by atoms with van der Waals surface area (Å²) in [5, 5.41) is 9.12. The molecule has 0 saturated heterocycles. The molecule has 1 rings (SSSR count). The molecule has 0 saturated carbocycles. The standard InChI is InChI=1S/C12H14O3/c1-3-4-8-15-12-10(9-13)6-5-7-11(12)14-2/h5-7,13H,8-9H2,1-2H3. The zero-order valence-electron chi connectivity index (χ0n) is 8.91. The van der Waals surface area contributed by atoms with Crippen LogP contribution < -0.4 is 9.47 Å². The molecule has 15 heavy (non-hydrogen) atoms. The lowest BCUT2D eigenvalue weighted by molar-refractivity contribution is 0.265. The molecular formula is C12H14O3. The molecule has 0 atom stereocenters. The summed E-state index contributed by atoms with van der Waals surface area (Å²) in [6, 6.07) is 5.38. The van der Waals surface area contributed by atoms with Gasteiger partial charge in [0.1, 0.15) is 6.61 Å². The Morgan fingerprint density at radius 2 is 2.20 bits per heavy atom. The van der Waals surface area contributed by atoms with Gasteiger partial charge in [0.2, 0.25) is 0 Å². The molecule has 0 bridgehead atoms. The van der Waals surface area contributed by atoms with E-state index < -0.39 is 0 Å². The summed E-state index contributed by atoms with van der Waals surface area (Å²) in [5.41, 5.74) is 0.701. The van der Waals surface area contributed by atoms with E-state index in [0.29, 0.717) is 23.7 Å². The van der Waals surface area contributed by atoms with E-state index in [1.807, 2.05) is 6.07 Å². The summed E-state index contributed by atoms with van der Waals surface area (Å²) in [5.74, 6) is 6.70. The Bertz CT molecular complexity index is 352. The molecular weight excluding hydrogens is 192 g/mol. The number of benzene rings is 1. The maximum atomic E-state index is 9.12. The van der Waals surface area contributed by atoms with Crippen molar-refractivity contribution in [1.82, 2.24) is 0 Å². The van der Waals surface area contributed by atoms with Crippen LogP contribution in [0.3, 0.4) is 0 Å². The third kappa shape index (κ3) is 2.90. The summed E-state index contributed by atoms with van der Waals surface area (Å²) in [6.45, 7) is 1.97. The van der Waals surface area contributed by atoms with Gasteiger partial charge in [0, 0.05) is 5.56 Å². The Kier molecular flexibility index (Phi) is 4.52. The predicted molar refractivity (Wildman–Crippen MR) is 57.9 cm³/mol. The molecule has 1 aromatic carbocycles. The lowest BCUT2D eigenvalue weighted by Gasteiger charge is -2.11. The second-order valence-electron chi connectivity index (χ2n) is 2.82. The number of hydrogen-bond acceptors (Lipinski definition) is 3. The van der Waals surface area contributed by atoms with E-state index in [1.165, 1.54) is 0 Å². The van der Waals surface area contributed by atoms with Crippen LogP contribution in [0.2, 0.25) is 0 Å². The van der Waals surface area contributed by atoms with E-state index >= 15 is 0 Å². The Hall–Kier alpha value is -1.66. The fourth-order valence-electron chi connectivity index (χ4n) is 1.19. The molecule has 0 fully saturated rings. The van der Waals surface area contributed by atoms with Crippen LogP contribution in [0.25, 0.3) is 0 Å². The van der Waals surface area contributed by atoms with Gasteiger partial charge in [-0.2, -0.15) is 0 Å². The van der Waals surface area contributed by atoms with Gasteiger partial charge in [-0.3, -0.25) is 0 Å². The molecule has 80 valence electrons. The minimum atomic E-state index is -0.0773. The first-order chi connectivity index (χ1) is 7.33. The normalized spacial score (nSPS) is 9.00. The van der Waals surface area contributed by atoms with E-state index in [9.17, 15) is 0 Å². The van der Waals surface area contributed by atoms with Gasteiger partial charge in [0.25, 0.3) is 0 Å². The van der Waals surface area contributed by atoms with Gasteiger partial charge < -0.3 is 14.6 Å². The number of ether oxygens (including phenoxy) is 2. The van der Waals surface area contributed by atoms with Crippen molar-refractivity contribution in [3.8, 4) is 23.3 Å². The topological polar surface area (TPSA) is 38.7 Å². The summed E-state index contributed by atoms with van der Waals surface area (Å²) in [7, 11) is 1.56. The molecule has 0 radical (unpaired) electrons. The molecule has 0 unspecified atom stereocenters. The Balaban J connectivity index is 2.92. The number of aliphatic hydroxyl groups is 1. The highest BCUT2D eigenvalue weighted by Crippen LogP contribution is 2.30. The van der Waals surface area contributed by atoms with Crippen LogP contribution in [-0.4, -0.2) is 18.8 Å². The van der Waals surface area contributed by atoms with Crippen LogP contribution in [-0.2, 0) is 6.61 Å². The molecule has 1 N–H and O–H groups in total. The molecule has 0 heterocycles. The van der Waals surface area contributed by atoms with Gasteiger partial charge >= 0.3 is 0 Å². The Morgan fingerprint density at radius 3 is 2.80 bits per heavy atom. The van der Waals surface area contributed by atoms with Crippen LogP contribution in [0.15, 0.2) is 18.2 Å². The molecule has 0 aliphatic heterocycles. The molecule has 0 amide bonds. The van der Waals surface area contributed by atoms with Gasteiger partial charge in [0.05, 0.1) is 13.7 Å². The highest BCUT2D eigenvalue weighted by Gasteiger charge is 2.08. The van der Waals surface area contributed by atoms with Crippen LogP contribution in [0.1, 0.15) is 12.5 Å². The third-order valence-corrected chi connectivity index (χ3v) is 1.92. The summed E-state index contributed by atoms with van der Waals surface area (Å²) >= 11 is 0. The quantitative estimate of drug-likeness (QED) is 0.760. The van der Waals surface area contributed by atoms with Gasteiger partial charge in [0.15, 0.2) is 11.5 Å². The largest absolute Gasteiger partial charge is 0.493 e. The van der Waals surface area contributed by atoms with E-state index in [2.05, 4.69) is 11.8 Å². The summed E-state index contributed by atoms with van der Waals surface area (Å²) < 4.78 is 10.6. The average molecular weight is 206 g/mol. The minimum Gasteiger partial charge on any atom is -0.493 e. The van der Waals surface area contributed by atoms with Crippen molar-refractivity contribution >= 4 is 0 Å². The minimum absolute atomic E-state index is 0.0773. The zero-order chi connectivity index (χ0) is 11.1. The van der Waals surface area contributed by atoms with Crippen molar-refractivity contribution in [2.75, 3.05) is 13.7 Å². The van der Waals surface area contributed by atoms with Gasteiger partial charge in [-0.1, -0.05) is 18.1 Å². The smallest absolute Gasteiger partial charge is 0.168 e. The average Bonchev–Trinajstić information content (AvgIpc) is 2.29. The Morgan fingerprint density at radius 1 is 1.40 bits per heavy atom. The maximum absolute atomic E-state index is 9.12. The summed E-state index contributed by atoms with van der Waals surface area (Å²) in [6.07, 6.45) is 0. The molecule has 0 aromatic heterocycles. The van der Waals surface area contributed by atoms with Crippen molar-refractivity contribution in [3.63, 3.8) is 0 Å². The second-order valence-corrected chi connectivity index (χ2v) is 2.82. The monoisotopic (exact) mass is 206 g/mol. The van der Waals surface area contributed by atoms with Crippen molar-refractivity contribution in [3.05, 3.63) is 23.8 Å². The number of rotatable bonds is 4. The first kappa shape index (κ1) is 11.4. The van der Waals surface area contributed by atoms with Crippen molar-refractivity contribution in [1.29, 1.82) is 0 Å². The zero-order valence-corrected chi connectivity index (χ0v) is 8.91. The van der Waals surface area contributed by atoms with Gasteiger partial charge in [-0.15, -0.1) is 5.92 Å². The van der Waals surface area contributed by atoms with E-state index in [0.717, 1.165) is 0 Å². The maximum Gasteiger partial charge on any atom is 0.168 e. The van der Waals surface area contributed by atoms with E-state index in [-0.39, 0.29) is 6.61 Å². The fourth-order valence-corrected chi connectivity index (χ4v) is 1.19. The highest BCUT2D eigenvalue weighted by atomic mass is 16.5. The van der Waals surface area contributed by atoms with Crippen LogP contribution in [0.5, 0.6) is 11.5 Å². The van der Waals surface area contributed by atoms with Crippen LogP contribution in [0, 0.1) is 11.8 Å². The van der Waals surface area contributed by atoms with Gasteiger partial charge in [-0.05, 0) is 13.0 Å². The molecule has 0 aliphatic rings. The number of para-hydroxylation sites is 1. The first-order valence-electron chi connectivity index (χ1n) is 4.62. The number of methoxy groups -OCH3 is 1. The Labute approximate surface area is 89.6 Å². The van der Waals surface area contributed by atoms with Crippen molar-refractivity contribution < 1.29 is 14.6 Å². The molecule has 0 aliphatic carbocycles. The van der Waals surface area contributed by atoms with E-state index in [4.69, 9.17) is 14.6 Å². The lowest BCUT2D eigenvalue weighted by Crippen LogP contribution is -2.00. The molecule has 3 nitrogen and oxygen atoms in total. The van der Waals surface area contributed by atoms with Crippen molar-refractivity contribution in [2.24, 2.45) is 0 Å².